The largest absolute Gasteiger partial charge is 0.497 e. The van der Waals surface area contributed by atoms with E-state index in [0.29, 0.717) is 10.8 Å². The molecule has 0 spiro atoms. The average molecular weight is 471 g/mol. The number of methoxy groups -OCH3 is 1. The zero-order chi connectivity index (χ0) is 22.6. The Morgan fingerprint density at radius 2 is 1.67 bits per heavy atom. The van der Waals surface area contributed by atoms with Crippen LogP contribution in [0.2, 0.25) is 5.02 Å². The molecule has 33 heavy (non-hydrogen) atoms. The molecule has 0 unspecified atom stereocenters. The minimum absolute atomic E-state index is 0.666. The van der Waals surface area contributed by atoms with Gasteiger partial charge in [-0.1, -0.05) is 41.9 Å². The van der Waals surface area contributed by atoms with Gasteiger partial charge in [-0.2, -0.15) is 0 Å². The van der Waals surface area contributed by atoms with Crippen molar-refractivity contribution in [1.82, 2.24) is 15.2 Å². The normalized spacial score (nSPS) is 10.7. The number of nitrogens with one attached hydrogen (secondary N) is 1. The molecule has 2 aromatic heterocycles. The van der Waals surface area contributed by atoms with E-state index in [1.54, 1.807) is 18.4 Å². The molecule has 0 saturated carbocycles. The van der Waals surface area contributed by atoms with Gasteiger partial charge in [0.2, 0.25) is 0 Å². The van der Waals surface area contributed by atoms with Crippen molar-refractivity contribution in [3.8, 4) is 38.8 Å². The summed E-state index contributed by atoms with van der Waals surface area (Å²) < 4.78 is 5.21. The molecule has 162 valence electrons. The molecule has 0 radical (unpaired) electrons. The minimum Gasteiger partial charge on any atom is -0.497 e. The molecule has 0 bridgehead atoms. The van der Waals surface area contributed by atoms with Crippen molar-refractivity contribution in [2.45, 2.75) is 0 Å². The third kappa shape index (κ3) is 4.72. The molecule has 0 aliphatic carbocycles. The minimum atomic E-state index is 0.666. The first kappa shape index (κ1) is 21.1. The third-order valence-electron chi connectivity index (χ3n) is 5.09. The molecule has 2 heterocycles. The highest BCUT2D eigenvalue weighted by atomic mass is 35.5. The van der Waals surface area contributed by atoms with E-state index in [4.69, 9.17) is 21.3 Å². The van der Waals surface area contributed by atoms with Crippen molar-refractivity contribution in [2.75, 3.05) is 12.4 Å². The van der Waals surface area contributed by atoms with E-state index in [1.807, 2.05) is 90.3 Å². The van der Waals surface area contributed by atoms with Crippen LogP contribution in [0.3, 0.4) is 0 Å². The number of nitrogens with zero attached hydrogens (tertiary/aromatic N) is 3. The van der Waals surface area contributed by atoms with Gasteiger partial charge in [-0.15, -0.1) is 21.5 Å². The smallest absolute Gasteiger partial charge is 0.153 e. The number of benzene rings is 3. The molecule has 1 N–H and O–H groups in total. The van der Waals surface area contributed by atoms with Gasteiger partial charge in [-0.05, 0) is 54.6 Å². The highest BCUT2D eigenvalue weighted by Gasteiger charge is 2.10. The summed E-state index contributed by atoms with van der Waals surface area (Å²) in [5.41, 5.74) is 5.54. The van der Waals surface area contributed by atoms with Gasteiger partial charge in [0.05, 0.1) is 23.5 Å². The lowest BCUT2D eigenvalue weighted by molar-refractivity contribution is 0.415. The standard InChI is InChI=1S/C26H19ClN4OS/c1-32-20-11-9-17(10-12-20)23-13-14-25(31-30-23)28-19-6-4-5-18(15-19)24-16-33-26(29-24)21-7-2-3-8-22(21)27/h2-16H,1H3,(H,28,31). The van der Waals surface area contributed by atoms with Crippen molar-refractivity contribution in [1.29, 1.82) is 0 Å². The second-order valence-electron chi connectivity index (χ2n) is 7.26. The number of rotatable bonds is 6. The third-order valence-corrected chi connectivity index (χ3v) is 6.29. The number of halogens is 1. The number of ether oxygens (including phenoxy) is 1. The maximum absolute atomic E-state index is 6.33. The molecular weight excluding hydrogens is 452 g/mol. The van der Waals surface area contributed by atoms with E-state index in [1.165, 1.54) is 0 Å². The molecule has 7 heteroatoms. The predicted octanol–water partition coefficient (Wildman–Crippen LogP) is 7.34. The molecule has 0 atom stereocenters. The maximum Gasteiger partial charge on any atom is 0.153 e. The molecule has 0 aliphatic heterocycles. The predicted molar refractivity (Wildman–Crippen MR) is 135 cm³/mol. The Morgan fingerprint density at radius 3 is 2.42 bits per heavy atom. The average Bonchev–Trinajstić information content (AvgIpc) is 3.35. The summed E-state index contributed by atoms with van der Waals surface area (Å²) in [7, 11) is 1.65. The Hall–Kier alpha value is -3.74. The van der Waals surface area contributed by atoms with Gasteiger partial charge in [-0.25, -0.2) is 4.98 Å². The van der Waals surface area contributed by atoms with E-state index in [0.717, 1.165) is 44.5 Å². The van der Waals surface area contributed by atoms with Crippen molar-refractivity contribution in [3.05, 3.63) is 95.3 Å². The van der Waals surface area contributed by atoms with Crippen LogP contribution in [0, 0.1) is 0 Å². The van der Waals surface area contributed by atoms with E-state index >= 15 is 0 Å². The van der Waals surface area contributed by atoms with E-state index in [9.17, 15) is 0 Å². The summed E-state index contributed by atoms with van der Waals surface area (Å²) >= 11 is 7.91. The van der Waals surface area contributed by atoms with E-state index < -0.39 is 0 Å². The number of hydrogen-bond donors (Lipinski definition) is 1. The molecule has 5 rings (SSSR count). The highest BCUT2D eigenvalue weighted by molar-refractivity contribution is 7.13. The Kier molecular flexibility index (Phi) is 6.02. The van der Waals surface area contributed by atoms with Crippen molar-refractivity contribution in [2.24, 2.45) is 0 Å². The first-order valence-electron chi connectivity index (χ1n) is 10.3. The molecule has 5 nitrogen and oxygen atoms in total. The summed E-state index contributed by atoms with van der Waals surface area (Å²) in [6.45, 7) is 0. The van der Waals surface area contributed by atoms with Gasteiger partial charge in [0.25, 0.3) is 0 Å². The summed E-state index contributed by atoms with van der Waals surface area (Å²) in [6.07, 6.45) is 0. The summed E-state index contributed by atoms with van der Waals surface area (Å²) in [5, 5.41) is 15.6. The van der Waals surface area contributed by atoms with Gasteiger partial charge in [0, 0.05) is 27.8 Å². The highest BCUT2D eigenvalue weighted by Crippen LogP contribution is 2.33. The molecule has 0 fully saturated rings. The van der Waals surface area contributed by atoms with Crippen LogP contribution >= 0.6 is 22.9 Å². The van der Waals surface area contributed by atoms with Crippen LogP contribution in [-0.2, 0) is 0 Å². The van der Waals surface area contributed by atoms with Gasteiger partial charge < -0.3 is 10.1 Å². The van der Waals surface area contributed by atoms with Crippen molar-refractivity contribution >= 4 is 34.4 Å². The van der Waals surface area contributed by atoms with Crippen LogP contribution in [0.15, 0.2) is 90.3 Å². The van der Waals surface area contributed by atoms with Crippen molar-refractivity contribution in [3.63, 3.8) is 0 Å². The van der Waals surface area contributed by atoms with Gasteiger partial charge in [0.1, 0.15) is 10.8 Å². The first-order valence-corrected chi connectivity index (χ1v) is 11.5. The topological polar surface area (TPSA) is 59.9 Å². The van der Waals surface area contributed by atoms with Crippen LogP contribution in [0.5, 0.6) is 5.75 Å². The van der Waals surface area contributed by atoms with E-state index in [2.05, 4.69) is 15.5 Å². The fourth-order valence-electron chi connectivity index (χ4n) is 3.38. The Balaban J connectivity index is 1.33. The molecule has 0 aliphatic rings. The van der Waals surface area contributed by atoms with Crippen molar-refractivity contribution < 1.29 is 4.74 Å². The fourth-order valence-corrected chi connectivity index (χ4v) is 4.53. The monoisotopic (exact) mass is 470 g/mol. The molecular formula is C26H19ClN4OS. The fraction of sp³-hybridized carbons (Fsp3) is 0.0385. The lowest BCUT2D eigenvalue weighted by Gasteiger charge is -2.08. The number of thiazole rings is 1. The lowest BCUT2D eigenvalue weighted by Crippen LogP contribution is -1.96. The van der Waals surface area contributed by atoms with Crippen LogP contribution in [-0.4, -0.2) is 22.3 Å². The molecule has 0 saturated heterocycles. The SMILES string of the molecule is COc1ccc(-c2ccc(Nc3cccc(-c4csc(-c5ccccc5Cl)n4)c3)nn2)cc1. The summed E-state index contributed by atoms with van der Waals surface area (Å²) in [6, 6.07) is 27.4. The van der Waals surface area contributed by atoms with Gasteiger partial charge in [0.15, 0.2) is 5.82 Å². The second kappa shape index (κ2) is 9.40. The number of aromatic nitrogens is 3. The first-order chi connectivity index (χ1) is 16.2. The number of anilines is 2. The molecule has 3 aromatic carbocycles. The zero-order valence-corrected chi connectivity index (χ0v) is 19.3. The molecule has 0 amide bonds. The molecule has 5 aromatic rings. The maximum atomic E-state index is 6.33. The Morgan fingerprint density at radius 1 is 0.818 bits per heavy atom. The van der Waals surface area contributed by atoms with E-state index in [-0.39, 0.29) is 0 Å². The summed E-state index contributed by atoms with van der Waals surface area (Å²) in [5.74, 6) is 1.48. The second-order valence-corrected chi connectivity index (χ2v) is 8.52. The Labute approximate surface area is 200 Å². The van der Waals surface area contributed by atoms with Crippen LogP contribution < -0.4 is 10.1 Å². The van der Waals surface area contributed by atoms with Gasteiger partial charge in [-0.3, -0.25) is 0 Å². The van der Waals surface area contributed by atoms with Crippen LogP contribution in [0.1, 0.15) is 0 Å². The quantitative estimate of drug-likeness (QED) is 0.281. The Bertz CT molecular complexity index is 1380. The van der Waals surface area contributed by atoms with Gasteiger partial charge >= 0.3 is 0 Å². The summed E-state index contributed by atoms with van der Waals surface area (Å²) in [4.78, 5) is 4.79. The number of hydrogen-bond acceptors (Lipinski definition) is 6. The lowest BCUT2D eigenvalue weighted by atomic mass is 10.1. The van der Waals surface area contributed by atoms with Crippen LogP contribution in [0.4, 0.5) is 11.5 Å². The zero-order valence-electron chi connectivity index (χ0n) is 17.7. The van der Waals surface area contributed by atoms with Crippen LogP contribution in [0.25, 0.3) is 33.1 Å².